The van der Waals surface area contributed by atoms with Crippen molar-refractivity contribution in [2.75, 3.05) is 32.7 Å². The molecule has 0 saturated carbocycles. The number of nitrogens with zero attached hydrogens (tertiary/aromatic N) is 2. The van der Waals surface area contributed by atoms with Crippen molar-refractivity contribution in [3.8, 4) is 0 Å². The Kier molecular flexibility index (Phi) is 6.25. The third kappa shape index (κ3) is 4.45. The summed E-state index contributed by atoms with van der Waals surface area (Å²) in [4.78, 5) is 4.75. The monoisotopic (exact) mass is 306 g/mol. The van der Waals surface area contributed by atoms with Crippen molar-refractivity contribution in [1.29, 1.82) is 0 Å². The molecule has 2 saturated heterocycles. The molecule has 22 heavy (non-hydrogen) atoms. The Hall–Kier alpha value is -1.09. The fraction of sp³-hybridized carbons (Fsp3) is 0.684. The van der Waals surface area contributed by atoms with Gasteiger partial charge >= 0.3 is 0 Å². The lowest BCUT2D eigenvalue weighted by Crippen LogP contribution is -2.41. The zero-order valence-electron chi connectivity index (χ0n) is 14.3. The summed E-state index contributed by atoms with van der Waals surface area (Å²) in [6.45, 7) is 17.1. The molecule has 0 radical (unpaired) electrons. The van der Waals surface area contributed by atoms with Crippen molar-refractivity contribution in [1.82, 2.24) is 9.80 Å². The maximum Gasteiger partial charge on any atom is 0.148 e. The first-order valence-electron chi connectivity index (χ1n) is 8.66. The van der Waals surface area contributed by atoms with Gasteiger partial charge in [-0.25, -0.2) is 4.39 Å². The highest BCUT2D eigenvalue weighted by Gasteiger charge is 2.25. The first-order chi connectivity index (χ1) is 10.5. The minimum Gasteiger partial charge on any atom is -0.369 e. The maximum atomic E-state index is 14.1. The average Bonchev–Trinajstić information content (AvgIpc) is 2.51. The molecule has 2 rings (SSSR count). The van der Waals surface area contributed by atoms with Crippen LogP contribution in [0.5, 0.6) is 0 Å². The van der Waals surface area contributed by atoms with E-state index in [1.165, 1.54) is 32.5 Å². The van der Waals surface area contributed by atoms with E-state index in [1.54, 1.807) is 13.0 Å². The van der Waals surface area contributed by atoms with Gasteiger partial charge in [0.05, 0.1) is 5.70 Å². The number of allylic oxidation sites excluding steroid dienone is 3. The highest BCUT2D eigenvalue weighted by molar-refractivity contribution is 5.31. The molecule has 2 aliphatic heterocycles. The van der Waals surface area contributed by atoms with Gasteiger partial charge < -0.3 is 9.80 Å². The average molecular weight is 306 g/mol. The van der Waals surface area contributed by atoms with Crippen molar-refractivity contribution in [3.05, 3.63) is 36.3 Å². The van der Waals surface area contributed by atoms with E-state index in [1.807, 2.05) is 0 Å². The lowest BCUT2D eigenvalue weighted by atomic mass is 9.93. The van der Waals surface area contributed by atoms with Gasteiger partial charge in [-0.1, -0.05) is 20.1 Å². The molecule has 0 unspecified atom stereocenters. The van der Waals surface area contributed by atoms with E-state index in [0.717, 1.165) is 37.8 Å². The molecule has 0 aromatic carbocycles. The molecule has 2 nitrogen and oxygen atoms in total. The summed E-state index contributed by atoms with van der Waals surface area (Å²) >= 11 is 0. The van der Waals surface area contributed by atoms with Crippen molar-refractivity contribution in [2.24, 2.45) is 11.8 Å². The fourth-order valence-electron chi connectivity index (χ4n) is 3.54. The summed E-state index contributed by atoms with van der Waals surface area (Å²) in [5.74, 6) is 1.44. The first-order valence-corrected chi connectivity index (χ1v) is 8.66. The van der Waals surface area contributed by atoms with Crippen LogP contribution < -0.4 is 0 Å². The van der Waals surface area contributed by atoms with E-state index in [4.69, 9.17) is 0 Å². The molecule has 0 bridgehead atoms. The van der Waals surface area contributed by atoms with E-state index in [0.29, 0.717) is 11.3 Å². The van der Waals surface area contributed by atoms with Gasteiger partial charge in [0.2, 0.25) is 0 Å². The highest BCUT2D eigenvalue weighted by atomic mass is 19.1. The lowest BCUT2D eigenvalue weighted by molar-refractivity contribution is 0.133. The molecule has 0 atom stereocenters. The van der Waals surface area contributed by atoms with Crippen LogP contribution in [0.25, 0.3) is 0 Å². The highest BCUT2D eigenvalue weighted by Crippen LogP contribution is 2.27. The van der Waals surface area contributed by atoms with E-state index < -0.39 is 0 Å². The van der Waals surface area contributed by atoms with Gasteiger partial charge in [0.15, 0.2) is 0 Å². The molecule has 0 aromatic heterocycles. The van der Waals surface area contributed by atoms with Gasteiger partial charge in [0.25, 0.3) is 0 Å². The third-order valence-corrected chi connectivity index (χ3v) is 5.14. The molecule has 2 aliphatic rings. The summed E-state index contributed by atoms with van der Waals surface area (Å²) < 4.78 is 14.1. The number of rotatable bonds is 5. The van der Waals surface area contributed by atoms with Gasteiger partial charge in [-0.05, 0) is 69.2 Å². The smallest absolute Gasteiger partial charge is 0.148 e. The van der Waals surface area contributed by atoms with Crippen LogP contribution in [0, 0.1) is 11.8 Å². The second-order valence-corrected chi connectivity index (χ2v) is 7.10. The van der Waals surface area contributed by atoms with Crippen LogP contribution in [-0.4, -0.2) is 42.5 Å². The SMILES string of the molecule is C=C/C(=C(/F)C(=C)C)N1CCC(CN2CCC(C)CC2)CC1. The third-order valence-electron chi connectivity index (χ3n) is 5.14. The number of hydrogen-bond donors (Lipinski definition) is 0. The van der Waals surface area contributed by atoms with E-state index >= 15 is 0 Å². The molecule has 2 heterocycles. The summed E-state index contributed by atoms with van der Waals surface area (Å²) in [7, 11) is 0. The first kappa shape index (κ1) is 17.3. The fourth-order valence-corrected chi connectivity index (χ4v) is 3.54. The minimum absolute atomic E-state index is 0.210. The number of halogens is 1. The number of piperidine rings is 2. The Morgan fingerprint density at radius 2 is 1.73 bits per heavy atom. The van der Waals surface area contributed by atoms with Crippen LogP contribution in [0.2, 0.25) is 0 Å². The lowest BCUT2D eigenvalue weighted by Gasteiger charge is -2.38. The zero-order valence-corrected chi connectivity index (χ0v) is 14.3. The molecule has 3 heteroatoms. The van der Waals surface area contributed by atoms with Gasteiger partial charge in [-0.15, -0.1) is 0 Å². The molecule has 0 aliphatic carbocycles. The maximum absolute atomic E-state index is 14.1. The van der Waals surface area contributed by atoms with Crippen LogP contribution in [0.3, 0.4) is 0 Å². The van der Waals surface area contributed by atoms with E-state index in [9.17, 15) is 4.39 Å². The summed E-state index contributed by atoms with van der Waals surface area (Å²) in [6.07, 6.45) is 6.61. The Morgan fingerprint density at radius 1 is 1.14 bits per heavy atom. The minimum atomic E-state index is -0.210. The second kappa shape index (κ2) is 7.96. The topological polar surface area (TPSA) is 6.48 Å². The van der Waals surface area contributed by atoms with Crippen LogP contribution in [0.4, 0.5) is 4.39 Å². The van der Waals surface area contributed by atoms with E-state index in [-0.39, 0.29) is 5.83 Å². The van der Waals surface area contributed by atoms with Crippen molar-refractivity contribution >= 4 is 0 Å². The summed E-state index contributed by atoms with van der Waals surface area (Å²) in [5.41, 5.74) is 1.11. The summed E-state index contributed by atoms with van der Waals surface area (Å²) in [5, 5.41) is 0. The molecular weight excluding hydrogens is 275 g/mol. The zero-order chi connectivity index (χ0) is 16.1. The van der Waals surface area contributed by atoms with Gasteiger partial charge in [0.1, 0.15) is 5.83 Å². The van der Waals surface area contributed by atoms with E-state index in [2.05, 4.69) is 29.9 Å². The van der Waals surface area contributed by atoms with Gasteiger partial charge in [-0.2, -0.15) is 0 Å². The van der Waals surface area contributed by atoms with Crippen LogP contribution >= 0.6 is 0 Å². The Bertz CT molecular complexity index is 425. The molecule has 0 spiro atoms. The standard InChI is InChI=1S/C19H31FN2/c1-5-18(19(20)15(2)3)22-12-8-17(9-13-22)14-21-10-6-16(4)7-11-21/h5,16-17H,1-2,6-14H2,3-4H3/b19-18-. The molecule has 0 N–H and O–H groups in total. The molecular formula is C19H31FN2. The second-order valence-electron chi connectivity index (χ2n) is 7.10. The van der Waals surface area contributed by atoms with Crippen molar-refractivity contribution in [2.45, 2.75) is 39.5 Å². The Balaban J connectivity index is 1.84. The molecule has 124 valence electrons. The van der Waals surface area contributed by atoms with Crippen LogP contribution in [0.1, 0.15) is 39.5 Å². The Labute approximate surface area is 135 Å². The predicted molar refractivity (Wildman–Crippen MR) is 92.3 cm³/mol. The largest absolute Gasteiger partial charge is 0.369 e. The van der Waals surface area contributed by atoms with Gasteiger partial charge in [-0.3, -0.25) is 0 Å². The molecule has 2 fully saturated rings. The van der Waals surface area contributed by atoms with Crippen molar-refractivity contribution < 1.29 is 4.39 Å². The quantitative estimate of drug-likeness (QED) is 0.696. The molecule has 0 amide bonds. The van der Waals surface area contributed by atoms with Crippen molar-refractivity contribution in [3.63, 3.8) is 0 Å². The number of likely N-dealkylation sites (tertiary alicyclic amines) is 2. The Morgan fingerprint density at radius 3 is 2.23 bits per heavy atom. The van der Waals surface area contributed by atoms with Crippen LogP contribution in [0.15, 0.2) is 36.3 Å². The van der Waals surface area contributed by atoms with Gasteiger partial charge in [0, 0.05) is 19.6 Å². The normalized spacial score (nSPS) is 23.3. The predicted octanol–water partition coefficient (Wildman–Crippen LogP) is 4.37. The van der Waals surface area contributed by atoms with Crippen LogP contribution in [-0.2, 0) is 0 Å². The number of hydrogen-bond acceptors (Lipinski definition) is 2. The molecule has 0 aromatic rings. The summed E-state index contributed by atoms with van der Waals surface area (Å²) in [6, 6.07) is 0.